The fraction of sp³-hybridized carbons (Fsp3) is 0.647. The van der Waals surface area contributed by atoms with E-state index < -0.39 is 0 Å². The number of hydrogen-bond donors (Lipinski definition) is 1. The topological polar surface area (TPSA) is 21.3 Å². The van der Waals surface area contributed by atoms with Crippen LogP contribution in [0.15, 0.2) is 24.3 Å². The number of ether oxygens (including phenoxy) is 1. The van der Waals surface area contributed by atoms with Crippen molar-refractivity contribution >= 4 is 0 Å². The largest absolute Gasteiger partial charge is 0.493 e. The Labute approximate surface area is 116 Å². The van der Waals surface area contributed by atoms with E-state index in [1.807, 2.05) is 0 Å². The maximum absolute atomic E-state index is 5.82. The molecule has 0 amide bonds. The summed E-state index contributed by atoms with van der Waals surface area (Å²) in [6, 6.07) is 8.58. The molecule has 0 saturated heterocycles. The van der Waals surface area contributed by atoms with Gasteiger partial charge in [-0.1, -0.05) is 38.0 Å². The van der Waals surface area contributed by atoms with Crippen molar-refractivity contribution in [1.29, 1.82) is 0 Å². The molecule has 2 nitrogen and oxygen atoms in total. The van der Waals surface area contributed by atoms with Crippen molar-refractivity contribution in [2.75, 3.05) is 19.7 Å². The van der Waals surface area contributed by atoms with Gasteiger partial charge in [0.25, 0.3) is 0 Å². The summed E-state index contributed by atoms with van der Waals surface area (Å²) < 4.78 is 5.82. The molecule has 2 aliphatic rings. The van der Waals surface area contributed by atoms with E-state index in [1.54, 1.807) is 0 Å². The van der Waals surface area contributed by atoms with Crippen LogP contribution in [-0.4, -0.2) is 19.7 Å². The molecular formula is C17H25NO. The van der Waals surface area contributed by atoms with E-state index in [2.05, 4.69) is 36.5 Å². The minimum atomic E-state index is 0.628. The SMILES string of the molecule is CCNCC1CCCC1CC1COc2ccccc21. The molecule has 2 heteroatoms. The first-order valence-corrected chi connectivity index (χ1v) is 7.81. The van der Waals surface area contributed by atoms with Gasteiger partial charge in [0.2, 0.25) is 0 Å². The number of nitrogens with one attached hydrogen (secondary N) is 1. The van der Waals surface area contributed by atoms with Gasteiger partial charge in [-0.05, 0) is 43.8 Å². The van der Waals surface area contributed by atoms with E-state index in [0.717, 1.165) is 30.7 Å². The van der Waals surface area contributed by atoms with Crippen molar-refractivity contribution in [2.24, 2.45) is 11.8 Å². The van der Waals surface area contributed by atoms with Crippen molar-refractivity contribution in [3.05, 3.63) is 29.8 Å². The molecule has 1 saturated carbocycles. The van der Waals surface area contributed by atoms with Gasteiger partial charge in [0.15, 0.2) is 0 Å². The third-order valence-corrected chi connectivity index (χ3v) is 4.86. The highest BCUT2D eigenvalue weighted by molar-refractivity contribution is 5.39. The van der Waals surface area contributed by atoms with Crippen LogP contribution in [0, 0.1) is 11.8 Å². The number of hydrogen-bond acceptors (Lipinski definition) is 2. The monoisotopic (exact) mass is 259 g/mol. The van der Waals surface area contributed by atoms with Crippen molar-refractivity contribution in [3.8, 4) is 5.75 Å². The zero-order valence-electron chi connectivity index (χ0n) is 11.9. The second kappa shape index (κ2) is 5.96. The highest BCUT2D eigenvalue weighted by Gasteiger charge is 2.32. The molecule has 3 rings (SSSR count). The molecule has 1 heterocycles. The second-order valence-electron chi connectivity index (χ2n) is 6.04. The van der Waals surface area contributed by atoms with Gasteiger partial charge in [0, 0.05) is 11.5 Å². The molecular weight excluding hydrogens is 234 g/mol. The maximum Gasteiger partial charge on any atom is 0.122 e. The number of benzene rings is 1. The van der Waals surface area contributed by atoms with E-state index >= 15 is 0 Å². The average Bonchev–Trinajstić information content (AvgIpc) is 3.05. The van der Waals surface area contributed by atoms with Crippen molar-refractivity contribution < 1.29 is 4.74 Å². The normalized spacial score (nSPS) is 29.2. The predicted octanol–water partition coefficient (Wildman–Crippen LogP) is 3.58. The van der Waals surface area contributed by atoms with Crippen molar-refractivity contribution in [2.45, 2.75) is 38.5 Å². The molecule has 19 heavy (non-hydrogen) atoms. The molecule has 104 valence electrons. The van der Waals surface area contributed by atoms with Crippen LogP contribution in [0.3, 0.4) is 0 Å². The fourth-order valence-corrected chi connectivity index (χ4v) is 3.81. The standard InChI is InChI=1S/C17H25NO/c1-2-18-11-14-7-5-6-13(14)10-15-12-19-17-9-4-3-8-16(15)17/h3-4,8-9,13-15,18H,2,5-7,10-12H2,1H3. The average molecular weight is 259 g/mol. The van der Waals surface area contributed by atoms with Crippen LogP contribution in [0.2, 0.25) is 0 Å². The summed E-state index contributed by atoms with van der Waals surface area (Å²) in [5.74, 6) is 3.52. The van der Waals surface area contributed by atoms with Crippen LogP contribution in [0.1, 0.15) is 44.1 Å². The van der Waals surface area contributed by atoms with E-state index in [-0.39, 0.29) is 0 Å². The van der Waals surface area contributed by atoms with E-state index in [1.165, 1.54) is 37.8 Å². The molecule has 0 radical (unpaired) electrons. The van der Waals surface area contributed by atoms with Crippen LogP contribution in [0.25, 0.3) is 0 Å². The summed E-state index contributed by atoms with van der Waals surface area (Å²) in [4.78, 5) is 0. The summed E-state index contributed by atoms with van der Waals surface area (Å²) in [5.41, 5.74) is 1.44. The van der Waals surface area contributed by atoms with Crippen LogP contribution in [-0.2, 0) is 0 Å². The van der Waals surface area contributed by atoms with Crippen LogP contribution >= 0.6 is 0 Å². The Balaban J connectivity index is 1.62. The van der Waals surface area contributed by atoms with Gasteiger partial charge in [-0.25, -0.2) is 0 Å². The molecule has 1 fully saturated rings. The molecule has 1 aromatic carbocycles. The van der Waals surface area contributed by atoms with Gasteiger partial charge in [-0.3, -0.25) is 0 Å². The lowest BCUT2D eigenvalue weighted by molar-refractivity contribution is 0.278. The summed E-state index contributed by atoms with van der Waals surface area (Å²) >= 11 is 0. The number of rotatable bonds is 5. The molecule has 1 aliphatic heterocycles. The van der Waals surface area contributed by atoms with Crippen LogP contribution < -0.4 is 10.1 Å². The Bertz CT molecular complexity index is 417. The zero-order chi connectivity index (χ0) is 13.1. The quantitative estimate of drug-likeness (QED) is 0.872. The first kappa shape index (κ1) is 13.0. The molecule has 0 aromatic heterocycles. The van der Waals surface area contributed by atoms with Crippen LogP contribution in [0.4, 0.5) is 0 Å². The number of para-hydroxylation sites is 1. The van der Waals surface area contributed by atoms with E-state index in [4.69, 9.17) is 4.74 Å². The van der Waals surface area contributed by atoms with Crippen molar-refractivity contribution in [3.63, 3.8) is 0 Å². The zero-order valence-corrected chi connectivity index (χ0v) is 11.9. The van der Waals surface area contributed by atoms with Gasteiger partial charge in [-0.15, -0.1) is 0 Å². The maximum atomic E-state index is 5.82. The smallest absolute Gasteiger partial charge is 0.122 e. The molecule has 1 N–H and O–H groups in total. The lowest BCUT2D eigenvalue weighted by atomic mass is 9.84. The predicted molar refractivity (Wildman–Crippen MR) is 78.7 cm³/mol. The fourth-order valence-electron chi connectivity index (χ4n) is 3.81. The summed E-state index contributed by atoms with van der Waals surface area (Å²) in [6.07, 6.45) is 5.55. The minimum absolute atomic E-state index is 0.628. The van der Waals surface area contributed by atoms with E-state index in [0.29, 0.717) is 5.92 Å². The summed E-state index contributed by atoms with van der Waals surface area (Å²) in [5, 5.41) is 3.53. The lowest BCUT2D eigenvalue weighted by Crippen LogP contribution is -2.26. The Kier molecular flexibility index (Phi) is 4.07. The van der Waals surface area contributed by atoms with E-state index in [9.17, 15) is 0 Å². The molecule has 3 atom stereocenters. The molecule has 0 spiro atoms. The first-order chi connectivity index (χ1) is 9.38. The van der Waals surface area contributed by atoms with Gasteiger partial charge >= 0.3 is 0 Å². The first-order valence-electron chi connectivity index (χ1n) is 7.81. The molecule has 1 aliphatic carbocycles. The molecule has 3 unspecified atom stereocenters. The minimum Gasteiger partial charge on any atom is -0.493 e. The molecule has 0 bridgehead atoms. The Hall–Kier alpha value is -1.02. The third-order valence-electron chi connectivity index (χ3n) is 4.86. The summed E-state index contributed by atoms with van der Waals surface area (Å²) in [7, 11) is 0. The Morgan fingerprint density at radius 3 is 2.95 bits per heavy atom. The van der Waals surface area contributed by atoms with Gasteiger partial charge in [0.05, 0.1) is 6.61 Å². The van der Waals surface area contributed by atoms with Gasteiger partial charge < -0.3 is 10.1 Å². The summed E-state index contributed by atoms with van der Waals surface area (Å²) in [6.45, 7) is 5.39. The lowest BCUT2D eigenvalue weighted by Gasteiger charge is -2.22. The third kappa shape index (κ3) is 2.79. The second-order valence-corrected chi connectivity index (χ2v) is 6.04. The number of fused-ring (bicyclic) bond motifs is 1. The van der Waals surface area contributed by atoms with Gasteiger partial charge in [0.1, 0.15) is 5.75 Å². The molecule has 1 aromatic rings. The van der Waals surface area contributed by atoms with Crippen molar-refractivity contribution in [1.82, 2.24) is 5.32 Å². The Morgan fingerprint density at radius 1 is 1.21 bits per heavy atom. The highest BCUT2D eigenvalue weighted by atomic mass is 16.5. The highest BCUT2D eigenvalue weighted by Crippen LogP contribution is 2.42. The van der Waals surface area contributed by atoms with Gasteiger partial charge in [-0.2, -0.15) is 0 Å². The van der Waals surface area contributed by atoms with Crippen LogP contribution in [0.5, 0.6) is 5.75 Å². The Morgan fingerprint density at radius 2 is 2.05 bits per heavy atom.